The summed E-state index contributed by atoms with van der Waals surface area (Å²) in [7, 11) is -2.68. The fourth-order valence-electron chi connectivity index (χ4n) is 2.04. The number of amides is 1. The number of carbonyl (C=O) groups excluding carboxylic acids is 2. The van der Waals surface area contributed by atoms with Gasteiger partial charge in [-0.3, -0.25) is 9.52 Å². The zero-order chi connectivity index (χ0) is 20.2. The average Bonchev–Trinajstić information content (AvgIpc) is 2.62. The Morgan fingerprint density at radius 1 is 1.15 bits per heavy atom. The van der Waals surface area contributed by atoms with E-state index < -0.39 is 33.8 Å². The molecule has 0 aromatic heterocycles. The monoisotopic (exact) mass is 414 g/mol. The predicted molar refractivity (Wildman–Crippen MR) is 97.6 cm³/mol. The number of rotatable bonds is 6. The molecule has 0 bridgehead atoms. The molecule has 144 valence electrons. The van der Waals surface area contributed by atoms with Crippen LogP contribution in [0.2, 0.25) is 5.02 Å². The largest absolute Gasteiger partial charge is 0.449 e. The van der Waals surface area contributed by atoms with Crippen molar-refractivity contribution in [3.05, 3.63) is 58.9 Å². The van der Waals surface area contributed by atoms with E-state index in [9.17, 15) is 22.4 Å². The molecule has 10 heteroatoms. The SMILES string of the molecule is CNC(=O)[C@@H](C)OC(=O)c1cc(S(=O)(=O)Nc2ccc(F)cc2)ccc1Cl. The van der Waals surface area contributed by atoms with E-state index in [0.29, 0.717) is 0 Å². The van der Waals surface area contributed by atoms with Crippen molar-refractivity contribution in [2.45, 2.75) is 17.9 Å². The zero-order valence-corrected chi connectivity index (χ0v) is 15.9. The molecule has 0 spiro atoms. The number of anilines is 1. The minimum absolute atomic E-state index is 0.0372. The summed E-state index contributed by atoms with van der Waals surface area (Å²) in [5.74, 6) is -1.99. The molecule has 1 amide bonds. The first-order chi connectivity index (χ1) is 12.6. The number of halogens is 2. The van der Waals surface area contributed by atoms with Crippen LogP contribution < -0.4 is 10.0 Å². The summed E-state index contributed by atoms with van der Waals surface area (Å²) in [5.41, 5.74) is -0.0712. The molecule has 0 aliphatic rings. The van der Waals surface area contributed by atoms with Gasteiger partial charge in [0, 0.05) is 12.7 Å². The van der Waals surface area contributed by atoms with Crippen LogP contribution in [-0.2, 0) is 19.6 Å². The Morgan fingerprint density at radius 2 is 1.78 bits per heavy atom. The third-order valence-electron chi connectivity index (χ3n) is 3.46. The van der Waals surface area contributed by atoms with Gasteiger partial charge in [-0.1, -0.05) is 11.6 Å². The molecule has 2 aromatic carbocycles. The summed E-state index contributed by atoms with van der Waals surface area (Å²) in [6.45, 7) is 1.36. The van der Waals surface area contributed by atoms with Crippen molar-refractivity contribution in [2.24, 2.45) is 0 Å². The fraction of sp³-hybridized carbons (Fsp3) is 0.176. The van der Waals surface area contributed by atoms with Crippen molar-refractivity contribution < 1.29 is 27.1 Å². The molecular weight excluding hydrogens is 399 g/mol. The minimum Gasteiger partial charge on any atom is -0.449 e. The molecule has 0 aliphatic heterocycles. The highest BCUT2D eigenvalue weighted by Gasteiger charge is 2.23. The summed E-state index contributed by atoms with van der Waals surface area (Å²) in [5, 5.41) is 2.28. The van der Waals surface area contributed by atoms with Crippen molar-refractivity contribution in [1.82, 2.24) is 5.32 Å². The van der Waals surface area contributed by atoms with Gasteiger partial charge in [-0.15, -0.1) is 0 Å². The van der Waals surface area contributed by atoms with E-state index in [1.54, 1.807) is 0 Å². The van der Waals surface area contributed by atoms with E-state index in [0.717, 1.165) is 18.2 Å². The first kappa shape index (κ1) is 20.7. The molecule has 0 radical (unpaired) electrons. The van der Waals surface area contributed by atoms with Gasteiger partial charge in [0.05, 0.1) is 15.5 Å². The first-order valence-corrected chi connectivity index (χ1v) is 9.50. The van der Waals surface area contributed by atoms with Crippen LogP contribution in [0.3, 0.4) is 0 Å². The van der Waals surface area contributed by atoms with Crippen LogP contribution in [0.5, 0.6) is 0 Å². The first-order valence-electron chi connectivity index (χ1n) is 7.64. The molecule has 0 saturated carbocycles. The van der Waals surface area contributed by atoms with Crippen molar-refractivity contribution in [1.29, 1.82) is 0 Å². The lowest BCUT2D eigenvalue weighted by atomic mass is 10.2. The molecule has 2 rings (SSSR count). The van der Waals surface area contributed by atoms with Crippen molar-refractivity contribution in [3.8, 4) is 0 Å². The van der Waals surface area contributed by atoms with Crippen LogP contribution in [-0.4, -0.2) is 33.4 Å². The summed E-state index contributed by atoms with van der Waals surface area (Å²) in [4.78, 5) is 23.4. The molecule has 0 aliphatic carbocycles. The van der Waals surface area contributed by atoms with E-state index in [4.69, 9.17) is 16.3 Å². The van der Waals surface area contributed by atoms with Gasteiger partial charge in [0.1, 0.15) is 5.82 Å². The Hall–Kier alpha value is -2.65. The molecule has 2 N–H and O–H groups in total. The van der Waals surface area contributed by atoms with Gasteiger partial charge in [-0.05, 0) is 49.4 Å². The van der Waals surface area contributed by atoms with Crippen LogP contribution >= 0.6 is 11.6 Å². The number of ether oxygens (including phenoxy) is 1. The van der Waals surface area contributed by atoms with E-state index in [1.165, 1.54) is 38.2 Å². The Labute approximate surface area is 160 Å². The van der Waals surface area contributed by atoms with Crippen LogP contribution in [0.25, 0.3) is 0 Å². The number of sulfonamides is 1. The van der Waals surface area contributed by atoms with Crippen molar-refractivity contribution >= 4 is 39.2 Å². The third kappa shape index (κ3) is 5.18. The third-order valence-corrected chi connectivity index (χ3v) is 5.17. The number of hydrogen-bond donors (Lipinski definition) is 2. The van der Waals surface area contributed by atoms with Crippen LogP contribution in [0, 0.1) is 5.82 Å². The zero-order valence-electron chi connectivity index (χ0n) is 14.3. The summed E-state index contributed by atoms with van der Waals surface area (Å²) in [6.07, 6.45) is -1.09. The van der Waals surface area contributed by atoms with Gasteiger partial charge in [-0.2, -0.15) is 0 Å². The normalized spacial score (nSPS) is 12.1. The van der Waals surface area contributed by atoms with E-state index in [2.05, 4.69) is 10.0 Å². The molecule has 7 nitrogen and oxygen atoms in total. The second-order valence-electron chi connectivity index (χ2n) is 5.42. The maximum Gasteiger partial charge on any atom is 0.340 e. The second kappa shape index (κ2) is 8.36. The topological polar surface area (TPSA) is 102 Å². The number of carbonyl (C=O) groups is 2. The highest BCUT2D eigenvalue weighted by molar-refractivity contribution is 7.92. The molecule has 0 saturated heterocycles. The predicted octanol–water partition coefficient (Wildman–Crippen LogP) is 2.57. The van der Waals surface area contributed by atoms with Crippen LogP contribution in [0.1, 0.15) is 17.3 Å². The Bertz CT molecular complexity index is 964. The molecule has 0 fully saturated rings. The smallest absolute Gasteiger partial charge is 0.340 e. The molecule has 0 heterocycles. The number of nitrogens with one attached hydrogen (secondary N) is 2. The van der Waals surface area contributed by atoms with Gasteiger partial charge < -0.3 is 10.1 Å². The lowest BCUT2D eigenvalue weighted by Crippen LogP contribution is -2.33. The lowest BCUT2D eigenvalue weighted by Gasteiger charge is -2.13. The fourth-order valence-corrected chi connectivity index (χ4v) is 3.32. The highest BCUT2D eigenvalue weighted by atomic mass is 35.5. The molecular formula is C17H16ClFN2O5S. The van der Waals surface area contributed by atoms with Gasteiger partial charge in [0.15, 0.2) is 6.10 Å². The maximum absolute atomic E-state index is 12.9. The van der Waals surface area contributed by atoms with Crippen molar-refractivity contribution in [2.75, 3.05) is 11.8 Å². The maximum atomic E-state index is 12.9. The molecule has 27 heavy (non-hydrogen) atoms. The van der Waals surface area contributed by atoms with Crippen LogP contribution in [0.4, 0.5) is 10.1 Å². The van der Waals surface area contributed by atoms with E-state index in [-0.39, 0.29) is 21.2 Å². The standard InChI is InChI=1S/C17H16ClFN2O5S/c1-10(16(22)20-2)26-17(23)14-9-13(7-8-15(14)18)27(24,25)21-12-5-3-11(19)4-6-12/h3-10,21H,1-2H3,(H,20,22)/t10-/m1/s1. The van der Waals surface area contributed by atoms with Gasteiger partial charge in [0.2, 0.25) is 0 Å². The van der Waals surface area contributed by atoms with Gasteiger partial charge in [0.25, 0.3) is 15.9 Å². The second-order valence-corrected chi connectivity index (χ2v) is 7.51. The van der Waals surface area contributed by atoms with E-state index >= 15 is 0 Å². The summed E-state index contributed by atoms with van der Waals surface area (Å²) in [6, 6.07) is 8.17. The highest BCUT2D eigenvalue weighted by Crippen LogP contribution is 2.23. The van der Waals surface area contributed by atoms with E-state index in [1.807, 2.05) is 0 Å². The number of esters is 1. The van der Waals surface area contributed by atoms with Crippen LogP contribution in [0.15, 0.2) is 47.4 Å². The number of benzene rings is 2. The molecule has 0 unspecified atom stereocenters. The summed E-state index contributed by atoms with van der Waals surface area (Å²) >= 11 is 5.96. The number of hydrogen-bond acceptors (Lipinski definition) is 5. The number of likely N-dealkylation sites (N-methyl/N-ethyl adjacent to an activating group) is 1. The molecule has 2 aromatic rings. The summed E-state index contributed by atoms with van der Waals surface area (Å²) < 4.78 is 45.2. The average molecular weight is 415 g/mol. The van der Waals surface area contributed by atoms with Gasteiger partial charge in [-0.25, -0.2) is 17.6 Å². The Kier molecular flexibility index (Phi) is 6.40. The lowest BCUT2D eigenvalue weighted by molar-refractivity contribution is -0.128. The van der Waals surface area contributed by atoms with Crippen molar-refractivity contribution in [3.63, 3.8) is 0 Å². The quantitative estimate of drug-likeness (QED) is 0.707. The molecule has 1 atom stereocenters. The Balaban J connectivity index is 2.28. The Morgan fingerprint density at radius 3 is 2.37 bits per heavy atom. The minimum atomic E-state index is -4.07. The van der Waals surface area contributed by atoms with Gasteiger partial charge >= 0.3 is 5.97 Å².